The Labute approximate surface area is 139 Å². The lowest BCUT2D eigenvalue weighted by Gasteiger charge is -2.25. The lowest BCUT2D eigenvalue weighted by atomic mass is 10.1. The first-order valence-corrected chi connectivity index (χ1v) is 7.96. The van der Waals surface area contributed by atoms with Crippen LogP contribution in [0.5, 0.6) is 0 Å². The Morgan fingerprint density at radius 1 is 1.29 bits per heavy atom. The molecular formula is C17H19FN2O4. The fourth-order valence-corrected chi connectivity index (χ4v) is 3.42. The second-order valence-electron chi connectivity index (χ2n) is 6.07. The third-order valence-corrected chi connectivity index (χ3v) is 4.63. The van der Waals surface area contributed by atoms with Gasteiger partial charge in [0.2, 0.25) is 11.8 Å². The Morgan fingerprint density at radius 3 is 2.75 bits per heavy atom. The zero-order valence-corrected chi connectivity index (χ0v) is 13.4. The molecule has 24 heavy (non-hydrogen) atoms. The van der Waals surface area contributed by atoms with E-state index in [4.69, 9.17) is 4.74 Å². The van der Waals surface area contributed by atoms with Crippen molar-refractivity contribution in [1.82, 2.24) is 4.90 Å². The summed E-state index contributed by atoms with van der Waals surface area (Å²) < 4.78 is 18.7. The molecule has 0 bridgehead atoms. The van der Waals surface area contributed by atoms with E-state index in [-0.39, 0.29) is 30.5 Å². The van der Waals surface area contributed by atoms with Crippen molar-refractivity contribution in [2.24, 2.45) is 5.92 Å². The first kappa shape index (κ1) is 16.4. The molecule has 0 spiro atoms. The first-order valence-electron chi connectivity index (χ1n) is 7.96. The highest BCUT2D eigenvalue weighted by Crippen LogP contribution is 2.30. The number of esters is 1. The second-order valence-corrected chi connectivity index (χ2v) is 6.07. The number of hydrogen-bond donors (Lipinski definition) is 0. The van der Waals surface area contributed by atoms with Gasteiger partial charge in [0, 0.05) is 19.5 Å². The number of carbonyl (C=O) groups is 3. The van der Waals surface area contributed by atoms with E-state index in [1.807, 2.05) is 0 Å². The molecule has 3 rings (SSSR count). The van der Waals surface area contributed by atoms with E-state index < -0.39 is 23.7 Å². The van der Waals surface area contributed by atoms with E-state index in [2.05, 4.69) is 0 Å². The van der Waals surface area contributed by atoms with E-state index in [1.165, 1.54) is 29.0 Å². The van der Waals surface area contributed by atoms with Gasteiger partial charge in [-0.25, -0.2) is 9.18 Å². The molecule has 0 radical (unpaired) electrons. The molecule has 0 aromatic heterocycles. The minimum atomic E-state index is -0.583. The van der Waals surface area contributed by atoms with Crippen molar-refractivity contribution >= 4 is 23.5 Å². The molecule has 0 aliphatic carbocycles. The fraction of sp³-hybridized carbons (Fsp3) is 0.471. The van der Waals surface area contributed by atoms with Gasteiger partial charge in [0.05, 0.1) is 18.7 Å². The molecule has 2 heterocycles. The fourth-order valence-electron chi connectivity index (χ4n) is 3.42. The third-order valence-electron chi connectivity index (χ3n) is 4.63. The van der Waals surface area contributed by atoms with Crippen LogP contribution in [0.4, 0.5) is 10.1 Å². The van der Waals surface area contributed by atoms with Crippen LogP contribution in [0.1, 0.15) is 19.3 Å². The first-order chi connectivity index (χ1) is 11.5. The number of halogens is 1. The van der Waals surface area contributed by atoms with Gasteiger partial charge < -0.3 is 14.5 Å². The second kappa shape index (κ2) is 6.59. The Hall–Kier alpha value is -2.44. The van der Waals surface area contributed by atoms with Gasteiger partial charge >= 0.3 is 5.97 Å². The molecule has 6 nitrogen and oxygen atoms in total. The summed E-state index contributed by atoms with van der Waals surface area (Å²) >= 11 is 0. The molecule has 7 heteroatoms. The molecule has 0 N–H and O–H groups in total. The van der Waals surface area contributed by atoms with Crippen LogP contribution in [0.15, 0.2) is 24.3 Å². The van der Waals surface area contributed by atoms with Gasteiger partial charge in [0.25, 0.3) is 0 Å². The van der Waals surface area contributed by atoms with Crippen LogP contribution >= 0.6 is 0 Å². The van der Waals surface area contributed by atoms with Crippen molar-refractivity contribution in [3.8, 4) is 0 Å². The lowest BCUT2D eigenvalue weighted by Crippen LogP contribution is -2.44. The molecule has 0 unspecified atom stereocenters. The summed E-state index contributed by atoms with van der Waals surface area (Å²) in [5, 5.41) is 0. The topological polar surface area (TPSA) is 66.9 Å². The highest BCUT2D eigenvalue weighted by atomic mass is 19.1. The van der Waals surface area contributed by atoms with Crippen LogP contribution < -0.4 is 4.90 Å². The predicted molar refractivity (Wildman–Crippen MR) is 83.6 cm³/mol. The molecule has 128 valence electrons. The molecule has 2 fully saturated rings. The number of anilines is 1. The largest absolute Gasteiger partial charge is 0.467 e. The van der Waals surface area contributed by atoms with Gasteiger partial charge in [-0.1, -0.05) is 12.1 Å². The van der Waals surface area contributed by atoms with Crippen LogP contribution in [-0.2, 0) is 19.1 Å². The van der Waals surface area contributed by atoms with Gasteiger partial charge in [0.1, 0.15) is 11.9 Å². The van der Waals surface area contributed by atoms with Crippen molar-refractivity contribution in [2.75, 3.05) is 25.1 Å². The van der Waals surface area contributed by atoms with E-state index in [9.17, 15) is 18.8 Å². The SMILES string of the molecule is COC(=O)[C@@H]1CCCN1C(=O)[C@@H]1CC(=O)N(c2ccccc2F)C1. The van der Waals surface area contributed by atoms with Crippen molar-refractivity contribution in [3.63, 3.8) is 0 Å². The molecule has 2 saturated heterocycles. The maximum Gasteiger partial charge on any atom is 0.328 e. The molecule has 2 aliphatic rings. The average Bonchev–Trinajstić information content (AvgIpc) is 3.21. The highest BCUT2D eigenvalue weighted by Gasteiger charge is 2.42. The molecular weight excluding hydrogens is 315 g/mol. The monoisotopic (exact) mass is 334 g/mol. The number of benzene rings is 1. The molecule has 1 aromatic carbocycles. The Morgan fingerprint density at radius 2 is 2.04 bits per heavy atom. The summed E-state index contributed by atoms with van der Waals surface area (Å²) in [6.07, 6.45) is 1.32. The number of methoxy groups -OCH3 is 1. The van der Waals surface area contributed by atoms with Crippen LogP contribution in [0, 0.1) is 11.7 Å². The molecule has 2 amide bonds. The number of para-hydroxylation sites is 1. The minimum absolute atomic E-state index is 0.0254. The quantitative estimate of drug-likeness (QED) is 0.783. The number of amides is 2. The van der Waals surface area contributed by atoms with E-state index in [0.29, 0.717) is 13.0 Å². The summed E-state index contributed by atoms with van der Waals surface area (Å²) in [5.41, 5.74) is 0.184. The van der Waals surface area contributed by atoms with Crippen molar-refractivity contribution in [1.29, 1.82) is 0 Å². The van der Waals surface area contributed by atoms with Crippen molar-refractivity contribution in [2.45, 2.75) is 25.3 Å². The van der Waals surface area contributed by atoms with Crippen LogP contribution in [0.2, 0.25) is 0 Å². The lowest BCUT2D eigenvalue weighted by molar-refractivity contribution is -0.152. The zero-order valence-electron chi connectivity index (χ0n) is 13.4. The number of ether oxygens (including phenoxy) is 1. The smallest absolute Gasteiger partial charge is 0.328 e. The van der Waals surface area contributed by atoms with Gasteiger partial charge in [-0.2, -0.15) is 0 Å². The Balaban J connectivity index is 1.75. The summed E-state index contributed by atoms with van der Waals surface area (Å²) in [4.78, 5) is 39.6. The normalized spacial score (nSPS) is 23.7. The number of nitrogens with zero attached hydrogens (tertiary/aromatic N) is 2. The summed E-state index contributed by atoms with van der Waals surface area (Å²) in [6.45, 7) is 0.603. The number of carbonyl (C=O) groups excluding carboxylic acids is 3. The predicted octanol–water partition coefficient (Wildman–Crippen LogP) is 1.34. The Kier molecular flexibility index (Phi) is 4.51. The van der Waals surface area contributed by atoms with Crippen molar-refractivity contribution in [3.05, 3.63) is 30.1 Å². The van der Waals surface area contributed by atoms with Gasteiger partial charge in [-0.3, -0.25) is 9.59 Å². The number of rotatable bonds is 3. The Bertz CT molecular complexity index is 678. The van der Waals surface area contributed by atoms with Crippen LogP contribution in [0.3, 0.4) is 0 Å². The molecule has 2 atom stereocenters. The molecule has 0 saturated carbocycles. The van der Waals surface area contributed by atoms with E-state index in [1.54, 1.807) is 12.1 Å². The highest BCUT2D eigenvalue weighted by molar-refractivity contribution is 6.01. The average molecular weight is 334 g/mol. The molecule has 2 aliphatic heterocycles. The summed E-state index contributed by atoms with van der Waals surface area (Å²) in [6, 6.07) is 5.42. The number of likely N-dealkylation sites (tertiary alicyclic amines) is 1. The van der Waals surface area contributed by atoms with Crippen molar-refractivity contribution < 1.29 is 23.5 Å². The van der Waals surface area contributed by atoms with E-state index >= 15 is 0 Å². The van der Waals surface area contributed by atoms with Crippen LogP contribution in [-0.4, -0.2) is 48.9 Å². The standard InChI is InChI=1S/C17H19FN2O4/c1-24-17(23)14-7-4-8-19(14)16(22)11-9-15(21)20(10-11)13-6-3-2-5-12(13)18/h2-3,5-6,11,14H,4,7-10H2,1H3/t11-,14+/m1/s1. The summed E-state index contributed by atoms with van der Waals surface area (Å²) in [7, 11) is 1.29. The molecule has 1 aromatic rings. The number of hydrogen-bond acceptors (Lipinski definition) is 4. The van der Waals surface area contributed by atoms with E-state index in [0.717, 1.165) is 6.42 Å². The third kappa shape index (κ3) is 2.86. The summed E-state index contributed by atoms with van der Waals surface area (Å²) in [5.74, 6) is -2.02. The zero-order chi connectivity index (χ0) is 17.3. The van der Waals surface area contributed by atoms with Gasteiger partial charge in [-0.05, 0) is 25.0 Å². The maximum atomic E-state index is 13.9. The van der Waals surface area contributed by atoms with Gasteiger partial charge in [-0.15, -0.1) is 0 Å². The van der Waals surface area contributed by atoms with Gasteiger partial charge in [0.15, 0.2) is 0 Å². The van der Waals surface area contributed by atoms with Crippen LogP contribution in [0.25, 0.3) is 0 Å². The maximum absolute atomic E-state index is 13.9. The minimum Gasteiger partial charge on any atom is -0.467 e.